The molecule has 4 nitrogen and oxygen atoms in total. The Balaban J connectivity index is 0.000000963. The molecule has 0 aromatic carbocycles. The van der Waals surface area contributed by atoms with Gasteiger partial charge in [0.2, 0.25) is 0 Å². The predicted molar refractivity (Wildman–Crippen MR) is 63.5 cm³/mol. The summed E-state index contributed by atoms with van der Waals surface area (Å²) in [7, 11) is 2.03. The van der Waals surface area contributed by atoms with Crippen LogP contribution in [0.15, 0.2) is 12.4 Å². The van der Waals surface area contributed by atoms with E-state index in [1.54, 1.807) is 0 Å². The summed E-state index contributed by atoms with van der Waals surface area (Å²) in [5.41, 5.74) is 5.98. The van der Waals surface area contributed by atoms with Crippen LogP contribution in [0.1, 0.15) is 31.5 Å². The van der Waals surface area contributed by atoms with Crippen LogP contribution in [0.3, 0.4) is 0 Å². The molecule has 3 fully saturated rings. The van der Waals surface area contributed by atoms with Gasteiger partial charge in [-0.2, -0.15) is 0 Å². The van der Waals surface area contributed by atoms with Crippen molar-refractivity contribution in [3.63, 3.8) is 0 Å². The molecule has 2 saturated heterocycles. The summed E-state index contributed by atoms with van der Waals surface area (Å²) in [6, 6.07) is 0. The zero-order valence-electron chi connectivity index (χ0n) is 9.48. The number of nitrogens with zero attached hydrogens (tertiary/aromatic N) is 2. The summed E-state index contributed by atoms with van der Waals surface area (Å²) in [4.78, 5) is 4.43. The Morgan fingerprint density at radius 3 is 2.50 bits per heavy atom. The van der Waals surface area contributed by atoms with Gasteiger partial charge in [-0.25, -0.2) is 4.98 Å². The van der Waals surface area contributed by atoms with Crippen molar-refractivity contribution < 1.29 is 4.74 Å². The maximum Gasteiger partial charge on any atom is 0.140 e. The van der Waals surface area contributed by atoms with E-state index in [0.29, 0.717) is 6.61 Å². The van der Waals surface area contributed by atoms with Gasteiger partial charge in [0, 0.05) is 25.0 Å². The van der Waals surface area contributed by atoms with Crippen LogP contribution in [-0.2, 0) is 17.4 Å². The molecule has 5 heteroatoms. The molecule has 0 amide bonds. The van der Waals surface area contributed by atoms with Crippen LogP contribution in [0.5, 0.6) is 0 Å². The number of halogens is 1. The second kappa shape index (κ2) is 3.72. The number of imidazole rings is 1. The van der Waals surface area contributed by atoms with Crippen LogP contribution in [0.4, 0.5) is 0 Å². The Bertz CT molecular complexity index is 366. The quantitative estimate of drug-likeness (QED) is 0.810. The number of hydrogen-bond donors (Lipinski definition) is 1. The van der Waals surface area contributed by atoms with Gasteiger partial charge in [-0.1, -0.05) is 0 Å². The lowest BCUT2D eigenvalue weighted by Crippen LogP contribution is -2.58. The van der Waals surface area contributed by atoms with E-state index in [1.807, 2.05) is 19.4 Å². The molecule has 2 aliphatic heterocycles. The molecule has 2 bridgehead atoms. The number of nitrogens with two attached hydrogens (primary N) is 1. The molecule has 3 aliphatic rings. The standard InChI is InChI=1S/C11H17N3O.ClH/c1-14-7-6-13-9(14)11-4-2-10(12,3-5-11)8-15-11;/h6-7H,2-5,8,12H2,1H3;1H. The topological polar surface area (TPSA) is 53.1 Å². The van der Waals surface area contributed by atoms with Crippen LogP contribution in [-0.4, -0.2) is 21.7 Å². The highest BCUT2D eigenvalue weighted by molar-refractivity contribution is 5.85. The summed E-state index contributed by atoms with van der Waals surface area (Å²) in [5, 5.41) is 0. The molecule has 1 aliphatic carbocycles. The molecule has 1 saturated carbocycles. The predicted octanol–water partition coefficient (Wildman–Crippen LogP) is 1.34. The van der Waals surface area contributed by atoms with Crippen molar-refractivity contribution in [3.8, 4) is 0 Å². The second-order valence-corrected chi connectivity index (χ2v) is 5.01. The van der Waals surface area contributed by atoms with Crippen molar-refractivity contribution in [1.82, 2.24) is 9.55 Å². The van der Waals surface area contributed by atoms with Crippen molar-refractivity contribution in [1.29, 1.82) is 0 Å². The highest BCUT2D eigenvalue weighted by atomic mass is 35.5. The zero-order valence-corrected chi connectivity index (χ0v) is 10.3. The van der Waals surface area contributed by atoms with Crippen molar-refractivity contribution in [3.05, 3.63) is 18.2 Å². The van der Waals surface area contributed by atoms with Crippen molar-refractivity contribution in [2.45, 2.75) is 36.8 Å². The fourth-order valence-electron chi connectivity index (χ4n) is 2.82. The summed E-state index contributed by atoms with van der Waals surface area (Å²) in [6.07, 6.45) is 7.95. The number of ether oxygens (including phenoxy) is 1. The average Bonchev–Trinajstić information content (AvgIpc) is 2.67. The number of aromatic nitrogens is 2. The molecule has 16 heavy (non-hydrogen) atoms. The monoisotopic (exact) mass is 243 g/mol. The van der Waals surface area contributed by atoms with Crippen LogP contribution in [0.2, 0.25) is 0 Å². The first kappa shape index (κ1) is 11.9. The van der Waals surface area contributed by atoms with Crippen molar-refractivity contribution >= 4 is 12.4 Å². The Hall–Kier alpha value is -0.580. The van der Waals surface area contributed by atoms with E-state index in [9.17, 15) is 0 Å². The highest BCUT2D eigenvalue weighted by Gasteiger charge is 2.50. The molecule has 0 radical (unpaired) electrons. The smallest absolute Gasteiger partial charge is 0.140 e. The van der Waals surface area contributed by atoms with Gasteiger partial charge in [0.25, 0.3) is 0 Å². The van der Waals surface area contributed by atoms with Gasteiger partial charge in [0.05, 0.1) is 6.61 Å². The first-order valence-electron chi connectivity index (χ1n) is 5.54. The highest BCUT2D eigenvalue weighted by Crippen LogP contribution is 2.47. The Kier molecular flexibility index (Phi) is 2.77. The van der Waals surface area contributed by atoms with Gasteiger partial charge < -0.3 is 15.0 Å². The lowest BCUT2D eigenvalue weighted by Gasteiger charge is -2.50. The van der Waals surface area contributed by atoms with Gasteiger partial charge in [0.15, 0.2) is 0 Å². The molecule has 2 N–H and O–H groups in total. The molecule has 1 aromatic rings. The lowest BCUT2D eigenvalue weighted by atomic mass is 9.71. The number of hydrogen-bond acceptors (Lipinski definition) is 3. The maximum atomic E-state index is 6.19. The van der Waals surface area contributed by atoms with Gasteiger partial charge in [-0.3, -0.25) is 0 Å². The van der Waals surface area contributed by atoms with Gasteiger partial charge in [-0.15, -0.1) is 12.4 Å². The first-order chi connectivity index (χ1) is 7.14. The fraction of sp³-hybridized carbons (Fsp3) is 0.727. The van der Waals surface area contributed by atoms with E-state index in [0.717, 1.165) is 31.5 Å². The van der Waals surface area contributed by atoms with Crippen LogP contribution < -0.4 is 5.73 Å². The van der Waals surface area contributed by atoms with Gasteiger partial charge in [0.1, 0.15) is 11.4 Å². The van der Waals surface area contributed by atoms with Crippen molar-refractivity contribution in [2.75, 3.05) is 6.61 Å². The number of aryl methyl sites for hydroxylation is 1. The maximum absolute atomic E-state index is 6.19. The Morgan fingerprint density at radius 2 is 2.06 bits per heavy atom. The molecule has 0 spiro atoms. The third-order valence-electron chi connectivity index (χ3n) is 3.92. The Labute approximate surface area is 102 Å². The summed E-state index contributed by atoms with van der Waals surface area (Å²) >= 11 is 0. The van der Waals surface area contributed by atoms with Crippen LogP contribution in [0.25, 0.3) is 0 Å². The van der Waals surface area contributed by atoms with E-state index >= 15 is 0 Å². The summed E-state index contributed by atoms with van der Waals surface area (Å²) in [6.45, 7) is 0.680. The van der Waals surface area contributed by atoms with Crippen LogP contribution in [0, 0.1) is 0 Å². The Morgan fingerprint density at radius 1 is 1.38 bits per heavy atom. The van der Waals surface area contributed by atoms with E-state index in [1.165, 1.54) is 0 Å². The van der Waals surface area contributed by atoms with E-state index in [4.69, 9.17) is 10.5 Å². The second-order valence-electron chi connectivity index (χ2n) is 5.01. The molecule has 3 heterocycles. The molecule has 1 aromatic heterocycles. The minimum atomic E-state index is -0.153. The SMILES string of the molecule is Cl.Cn1ccnc1C12CCC(N)(CC1)CO2. The molecule has 90 valence electrons. The van der Waals surface area contributed by atoms with E-state index in [-0.39, 0.29) is 23.5 Å². The minimum Gasteiger partial charge on any atom is -0.365 e. The number of fused-ring (bicyclic) bond motifs is 3. The third-order valence-corrected chi connectivity index (χ3v) is 3.92. The number of rotatable bonds is 1. The average molecular weight is 244 g/mol. The zero-order chi connectivity index (χ0) is 10.5. The summed E-state index contributed by atoms with van der Waals surface area (Å²) in [5.74, 6) is 1.06. The van der Waals surface area contributed by atoms with Crippen LogP contribution >= 0.6 is 12.4 Å². The molecule has 4 rings (SSSR count). The fourth-order valence-corrected chi connectivity index (χ4v) is 2.82. The molecule has 0 atom stereocenters. The molecular weight excluding hydrogens is 226 g/mol. The molecule has 0 unspecified atom stereocenters. The summed E-state index contributed by atoms with van der Waals surface area (Å²) < 4.78 is 8.05. The normalized spacial score (nSPS) is 37.1. The lowest BCUT2D eigenvalue weighted by molar-refractivity contribution is -0.164. The third kappa shape index (κ3) is 1.56. The van der Waals surface area contributed by atoms with E-state index < -0.39 is 0 Å². The van der Waals surface area contributed by atoms with Gasteiger partial charge >= 0.3 is 0 Å². The minimum absolute atomic E-state index is 0. The van der Waals surface area contributed by atoms with Gasteiger partial charge in [-0.05, 0) is 25.7 Å². The van der Waals surface area contributed by atoms with Crippen molar-refractivity contribution in [2.24, 2.45) is 12.8 Å². The first-order valence-corrected chi connectivity index (χ1v) is 5.54. The molecular formula is C11H18ClN3O. The van der Waals surface area contributed by atoms with E-state index in [2.05, 4.69) is 9.55 Å². The largest absolute Gasteiger partial charge is 0.365 e.